The minimum Gasteiger partial charge on any atom is -0.355 e. The maximum atomic E-state index is 11.8. The summed E-state index contributed by atoms with van der Waals surface area (Å²) < 4.78 is 2.01. The van der Waals surface area contributed by atoms with Gasteiger partial charge in [-0.15, -0.1) is 21.5 Å². The van der Waals surface area contributed by atoms with Crippen LogP contribution in [0.25, 0.3) is 10.7 Å². The fraction of sp³-hybridized carbons (Fsp3) is 0.611. The second-order valence-electron chi connectivity index (χ2n) is 6.58. The van der Waals surface area contributed by atoms with Gasteiger partial charge in [0.15, 0.2) is 11.0 Å². The standard InChI is InChI=1S/C18H26N4OS2/c1-4-8-19-16(23)11-24-18-21-20-17(22(18)3)15-10-13-9-12(5-2)6-7-14(13)25-15/h10,12H,4-9,11H2,1-3H3,(H,19,23)/t12-/m1/s1. The molecule has 0 saturated carbocycles. The highest BCUT2D eigenvalue weighted by Crippen LogP contribution is 2.37. The molecule has 2 aromatic heterocycles. The Morgan fingerprint density at radius 2 is 2.28 bits per heavy atom. The van der Waals surface area contributed by atoms with Crippen LogP contribution in [-0.2, 0) is 24.7 Å². The Balaban J connectivity index is 1.69. The summed E-state index contributed by atoms with van der Waals surface area (Å²) in [4.78, 5) is 14.5. The van der Waals surface area contributed by atoms with E-state index in [4.69, 9.17) is 0 Å². The third-order valence-corrected chi connectivity index (χ3v) is 6.98. The van der Waals surface area contributed by atoms with Crippen molar-refractivity contribution in [1.82, 2.24) is 20.1 Å². The molecular formula is C18H26N4OS2. The highest BCUT2D eigenvalue weighted by molar-refractivity contribution is 7.99. The molecule has 1 atom stereocenters. The molecule has 0 bridgehead atoms. The van der Waals surface area contributed by atoms with Crippen molar-refractivity contribution in [1.29, 1.82) is 0 Å². The normalized spacial score (nSPS) is 16.7. The lowest BCUT2D eigenvalue weighted by atomic mass is 9.87. The number of amides is 1. The summed E-state index contributed by atoms with van der Waals surface area (Å²) in [6.45, 7) is 5.06. The molecule has 0 spiro atoms. The number of hydrogen-bond donors (Lipinski definition) is 1. The molecule has 2 heterocycles. The molecule has 1 N–H and O–H groups in total. The van der Waals surface area contributed by atoms with Crippen LogP contribution in [0.2, 0.25) is 0 Å². The quantitative estimate of drug-likeness (QED) is 0.747. The number of fused-ring (bicyclic) bond motifs is 1. The number of carbonyl (C=O) groups is 1. The number of aryl methyl sites for hydroxylation is 1. The van der Waals surface area contributed by atoms with Gasteiger partial charge in [0, 0.05) is 18.5 Å². The Labute approximate surface area is 157 Å². The van der Waals surface area contributed by atoms with E-state index in [0.29, 0.717) is 5.75 Å². The summed E-state index contributed by atoms with van der Waals surface area (Å²) in [7, 11) is 1.98. The van der Waals surface area contributed by atoms with Crippen LogP contribution in [0.1, 0.15) is 43.6 Å². The highest BCUT2D eigenvalue weighted by atomic mass is 32.2. The smallest absolute Gasteiger partial charge is 0.230 e. The number of rotatable bonds is 7. The van der Waals surface area contributed by atoms with Crippen LogP contribution in [0, 0.1) is 5.92 Å². The molecule has 0 fully saturated rings. The van der Waals surface area contributed by atoms with Crippen molar-refractivity contribution < 1.29 is 4.79 Å². The number of aromatic nitrogens is 3. The third kappa shape index (κ3) is 4.26. The van der Waals surface area contributed by atoms with Gasteiger partial charge in [0.2, 0.25) is 5.91 Å². The van der Waals surface area contributed by atoms with Gasteiger partial charge in [0.25, 0.3) is 0 Å². The first kappa shape index (κ1) is 18.5. The molecule has 0 unspecified atom stereocenters. The highest BCUT2D eigenvalue weighted by Gasteiger charge is 2.22. The zero-order valence-corrected chi connectivity index (χ0v) is 16.8. The lowest BCUT2D eigenvalue weighted by Gasteiger charge is -2.19. The van der Waals surface area contributed by atoms with Crippen LogP contribution in [0.3, 0.4) is 0 Å². The van der Waals surface area contributed by atoms with Crippen LogP contribution in [0.15, 0.2) is 11.2 Å². The Morgan fingerprint density at radius 1 is 1.44 bits per heavy atom. The average molecular weight is 379 g/mol. The van der Waals surface area contributed by atoms with Crippen LogP contribution >= 0.6 is 23.1 Å². The number of nitrogens with zero attached hydrogens (tertiary/aromatic N) is 3. The van der Waals surface area contributed by atoms with Gasteiger partial charge in [-0.3, -0.25) is 4.79 Å². The fourth-order valence-electron chi connectivity index (χ4n) is 3.16. The molecule has 0 aromatic carbocycles. The summed E-state index contributed by atoms with van der Waals surface area (Å²) in [6.07, 6.45) is 5.90. The van der Waals surface area contributed by atoms with Crippen molar-refractivity contribution in [2.75, 3.05) is 12.3 Å². The monoisotopic (exact) mass is 378 g/mol. The van der Waals surface area contributed by atoms with Gasteiger partial charge in [-0.1, -0.05) is 32.0 Å². The van der Waals surface area contributed by atoms with E-state index in [-0.39, 0.29) is 5.91 Å². The number of nitrogens with one attached hydrogen (secondary N) is 1. The first-order valence-corrected chi connectivity index (χ1v) is 10.8. The van der Waals surface area contributed by atoms with Crippen LogP contribution in [0.4, 0.5) is 0 Å². The van der Waals surface area contributed by atoms with Crippen molar-refractivity contribution in [2.45, 2.75) is 51.1 Å². The van der Waals surface area contributed by atoms with E-state index < -0.39 is 0 Å². The molecule has 1 aliphatic carbocycles. The molecule has 136 valence electrons. The third-order valence-electron chi connectivity index (χ3n) is 4.72. The average Bonchev–Trinajstić information content (AvgIpc) is 3.20. The summed E-state index contributed by atoms with van der Waals surface area (Å²) in [5.41, 5.74) is 1.49. The van der Waals surface area contributed by atoms with Gasteiger partial charge in [-0.2, -0.15) is 0 Å². The Hall–Kier alpha value is -1.34. The molecular weight excluding hydrogens is 352 g/mol. The first-order valence-electron chi connectivity index (χ1n) is 9.03. The summed E-state index contributed by atoms with van der Waals surface area (Å²) in [5.74, 6) is 2.16. The largest absolute Gasteiger partial charge is 0.355 e. The molecule has 5 nitrogen and oxygen atoms in total. The van der Waals surface area contributed by atoms with Crippen molar-refractivity contribution in [3.8, 4) is 10.7 Å². The SMILES string of the molecule is CCCNC(=O)CSc1nnc(-c2cc3c(s2)CC[C@@H](CC)C3)n1C. The zero-order valence-electron chi connectivity index (χ0n) is 15.2. The number of thioether (sulfide) groups is 1. The number of hydrogen-bond acceptors (Lipinski definition) is 5. The van der Waals surface area contributed by atoms with Crippen molar-refractivity contribution >= 4 is 29.0 Å². The first-order chi connectivity index (χ1) is 12.1. The molecule has 1 aliphatic rings. The van der Waals surface area contributed by atoms with Gasteiger partial charge in [0.1, 0.15) is 0 Å². The van der Waals surface area contributed by atoms with Crippen molar-refractivity contribution in [2.24, 2.45) is 13.0 Å². The van der Waals surface area contributed by atoms with E-state index >= 15 is 0 Å². The van der Waals surface area contributed by atoms with E-state index in [1.54, 1.807) is 0 Å². The topological polar surface area (TPSA) is 59.8 Å². The lowest BCUT2D eigenvalue weighted by molar-refractivity contribution is -0.118. The molecule has 3 rings (SSSR count). The summed E-state index contributed by atoms with van der Waals surface area (Å²) in [6, 6.07) is 2.30. The zero-order chi connectivity index (χ0) is 17.8. The van der Waals surface area contributed by atoms with Crippen LogP contribution in [-0.4, -0.2) is 33.0 Å². The van der Waals surface area contributed by atoms with Crippen molar-refractivity contribution in [3.63, 3.8) is 0 Å². The summed E-state index contributed by atoms with van der Waals surface area (Å²) in [5, 5.41) is 12.3. The predicted octanol–water partition coefficient (Wildman–Crippen LogP) is 3.68. The van der Waals surface area contributed by atoms with E-state index in [9.17, 15) is 4.79 Å². The van der Waals surface area contributed by atoms with Gasteiger partial charge >= 0.3 is 0 Å². The molecule has 0 radical (unpaired) electrons. The summed E-state index contributed by atoms with van der Waals surface area (Å²) >= 11 is 3.29. The molecule has 1 amide bonds. The molecule has 7 heteroatoms. The molecule has 2 aromatic rings. The minimum atomic E-state index is 0.0496. The Bertz CT molecular complexity index is 738. The van der Waals surface area contributed by atoms with Gasteiger partial charge in [-0.05, 0) is 43.2 Å². The lowest BCUT2D eigenvalue weighted by Crippen LogP contribution is -2.25. The van der Waals surface area contributed by atoms with Gasteiger partial charge < -0.3 is 9.88 Å². The van der Waals surface area contributed by atoms with E-state index in [2.05, 4.69) is 28.5 Å². The van der Waals surface area contributed by atoms with E-state index in [0.717, 1.165) is 29.9 Å². The van der Waals surface area contributed by atoms with Gasteiger partial charge in [-0.25, -0.2) is 0 Å². The van der Waals surface area contributed by atoms with E-state index in [1.807, 2.05) is 29.9 Å². The van der Waals surface area contributed by atoms with Gasteiger partial charge in [0.05, 0.1) is 10.6 Å². The number of carbonyl (C=O) groups excluding carboxylic acids is 1. The molecule has 0 saturated heterocycles. The van der Waals surface area contributed by atoms with Crippen LogP contribution in [0.5, 0.6) is 0 Å². The minimum absolute atomic E-state index is 0.0496. The Kier molecular flexibility index (Phi) is 6.17. The maximum Gasteiger partial charge on any atom is 0.230 e. The predicted molar refractivity (Wildman–Crippen MR) is 104 cm³/mol. The Morgan fingerprint density at radius 3 is 3.04 bits per heavy atom. The molecule has 0 aliphatic heterocycles. The maximum absolute atomic E-state index is 11.8. The fourth-order valence-corrected chi connectivity index (χ4v) is 5.13. The van der Waals surface area contributed by atoms with Crippen molar-refractivity contribution in [3.05, 3.63) is 16.5 Å². The van der Waals surface area contributed by atoms with Crippen LogP contribution < -0.4 is 5.32 Å². The molecule has 25 heavy (non-hydrogen) atoms. The van der Waals surface area contributed by atoms with E-state index in [1.165, 1.54) is 52.8 Å². The second kappa shape index (κ2) is 8.36. The number of thiophene rings is 1. The second-order valence-corrected chi connectivity index (χ2v) is 8.66.